The van der Waals surface area contributed by atoms with Crippen LogP contribution in [0.3, 0.4) is 0 Å². The maximum atomic E-state index is 13.3. The molecule has 0 radical (unpaired) electrons. The average Bonchev–Trinajstić information content (AvgIpc) is 2.77. The SMILES string of the molecule is Fc1ccc2c(c1)N(Cc1ccc(F)c(Br)c1)CC2. The second kappa shape index (κ2) is 4.93. The molecule has 1 aliphatic heterocycles. The van der Waals surface area contributed by atoms with Crippen LogP contribution < -0.4 is 4.90 Å². The van der Waals surface area contributed by atoms with Crippen molar-refractivity contribution in [3.63, 3.8) is 0 Å². The van der Waals surface area contributed by atoms with Crippen LogP contribution in [-0.2, 0) is 13.0 Å². The Bertz CT molecular complexity index is 628. The van der Waals surface area contributed by atoms with Gasteiger partial charge >= 0.3 is 0 Å². The summed E-state index contributed by atoms with van der Waals surface area (Å²) in [5.74, 6) is -0.484. The molecule has 98 valence electrons. The molecule has 19 heavy (non-hydrogen) atoms. The van der Waals surface area contributed by atoms with Crippen molar-refractivity contribution in [3.8, 4) is 0 Å². The van der Waals surface area contributed by atoms with Gasteiger partial charge in [0.25, 0.3) is 0 Å². The molecule has 2 aromatic carbocycles. The normalized spacial score (nSPS) is 13.7. The number of anilines is 1. The highest BCUT2D eigenvalue weighted by atomic mass is 79.9. The van der Waals surface area contributed by atoms with Crippen molar-refractivity contribution in [1.82, 2.24) is 0 Å². The van der Waals surface area contributed by atoms with Crippen molar-refractivity contribution in [2.24, 2.45) is 0 Å². The Hall–Kier alpha value is -1.42. The highest BCUT2D eigenvalue weighted by molar-refractivity contribution is 9.10. The molecule has 1 nitrogen and oxygen atoms in total. The first-order valence-corrected chi connectivity index (χ1v) is 6.90. The summed E-state index contributed by atoms with van der Waals surface area (Å²) >= 11 is 3.19. The molecule has 0 aliphatic carbocycles. The van der Waals surface area contributed by atoms with E-state index in [-0.39, 0.29) is 11.6 Å². The number of halogens is 3. The van der Waals surface area contributed by atoms with Crippen molar-refractivity contribution in [3.05, 3.63) is 63.6 Å². The molecule has 1 heterocycles. The number of fused-ring (bicyclic) bond motifs is 1. The summed E-state index contributed by atoms with van der Waals surface area (Å²) in [6, 6.07) is 9.88. The van der Waals surface area contributed by atoms with Crippen molar-refractivity contribution in [2.45, 2.75) is 13.0 Å². The molecule has 0 atom stereocenters. The predicted octanol–water partition coefficient (Wildman–Crippen LogP) is 4.29. The second-order valence-corrected chi connectivity index (χ2v) is 5.55. The van der Waals surface area contributed by atoms with Gasteiger partial charge in [0.1, 0.15) is 11.6 Å². The van der Waals surface area contributed by atoms with Gasteiger partial charge in [-0.2, -0.15) is 0 Å². The van der Waals surface area contributed by atoms with Crippen LogP contribution >= 0.6 is 15.9 Å². The van der Waals surface area contributed by atoms with E-state index in [1.54, 1.807) is 18.2 Å². The van der Waals surface area contributed by atoms with E-state index < -0.39 is 0 Å². The number of rotatable bonds is 2. The molecule has 0 saturated carbocycles. The van der Waals surface area contributed by atoms with E-state index >= 15 is 0 Å². The molecular weight excluding hydrogens is 312 g/mol. The molecular formula is C15H12BrF2N. The Balaban J connectivity index is 1.86. The molecule has 0 bridgehead atoms. The first-order valence-electron chi connectivity index (χ1n) is 6.11. The van der Waals surface area contributed by atoms with Gasteiger partial charge in [0.05, 0.1) is 4.47 Å². The van der Waals surface area contributed by atoms with E-state index in [4.69, 9.17) is 0 Å². The van der Waals surface area contributed by atoms with E-state index in [1.807, 2.05) is 6.07 Å². The number of benzene rings is 2. The van der Waals surface area contributed by atoms with Gasteiger partial charge in [0.15, 0.2) is 0 Å². The van der Waals surface area contributed by atoms with Crippen LogP contribution in [0.5, 0.6) is 0 Å². The Morgan fingerprint density at radius 1 is 1.11 bits per heavy atom. The van der Waals surface area contributed by atoms with Gasteiger partial charge in [-0.1, -0.05) is 12.1 Å². The summed E-state index contributed by atoms with van der Waals surface area (Å²) < 4.78 is 27.0. The molecule has 3 rings (SSSR count). The van der Waals surface area contributed by atoms with Gasteiger partial charge in [-0.25, -0.2) is 8.78 Å². The van der Waals surface area contributed by atoms with Gasteiger partial charge in [-0.3, -0.25) is 0 Å². The quantitative estimate of drug-likeness (QED) is 0.796. The molecule has 0 spiro atoms. The zero-order chi connectivity index (χ0) is 13.4. The summed E-state index contributed by atoms with van der Waals surface area (Å²) in [5, 5.41) is 0. The Kier molecular flexibility index (Phi) is 3.27. The van der Waals surface area contributed by atoms with E-state index in [9.17, 15) is 8.78 Å². The Morgan fingerprint density at radius 3 is 2.74 bits per heavy atom. The third kappa shape index (κ3) is 2.50. The molecule has 0 saturated heterocycles. The van der Waals surface area contributed by atoms with Crippen LogP contribution in [0.25, 0.3) is 0 Å². The van der Waals surface area contributed by atoms with Crippen LogP contribution in [-0.4, -0.2) is 6.54 Å². The van der Waals surface area contributed by atoms with Crippen LogP contribution in [0.1, 0.15) is 11.1 Å². The molecule has 0 N–H and O–H groups in total. The lowest BCUT2D eigenvalue weighted by Crippen LogP contribution is -2.19. The standard InChI is InChI=1S/C15H12BrF2N/c16-13-7-10(1-4-14(13)18)9-19-6-5-11-2-3-12(17)8-15(11)19/h1-4,7-8H,5-6,9H2. The first-order chi connectivity index (χ1) is 9.13. The minimum atomic E-state index is -0.267. The third-order valence-electron chi connectivity index (χ3n) is 3.40. The van der Waals surface area contributed by atoms with Crippen LogP contribution in [0.4, 0.5) is 14.5 Å². The summed E-state index contributed by atoms with van der Waals surface area (Å²) in [7, 11) is 0. The second-order valence-electron chi connectivity index (χ2n) is 4.69. The topological polar surface area (TPSA) is 3.24 Å². The zero-order valence-electron chi connectivity index (χ0n) is 10.2. The van der Waals surface area contributed by atoms with E-state index in [1.165, 1.54) is 17.7 Å². The number of hydrogen-bond acceptors (Lipinski definition) is 1. The van der Waals surface area contributed by atoms with E-state index in [0.29, 0.717) is 11.0 Å². The zero-order valence-corrected chi connectivity index (χ0v) is 11.8. The number of nitrogens with zero attached hydrogens (tertiary/aromatic N) is 1. The maximum absolute atomic E-state index is 13.3. The molecule has 0 amide bonds. The van der Waals surface area contributed by atoms with Gasteiger partial charge in [-0.15, -0.1) is 0 Å². The molecule has 0 fully saturated rings. The Labute approximate surface area is 119 Å². The fraction of sp³-hybridized carbons (Fsp3) is 0.200. The fourth-order valence-electron chi connectivity index (χ4n) is 2.44. The fourth-order valence-corrected chi connectivity index (χ4v) is 2.87. The van der Waals surface area contributed by atoms with E-state index in [2.05, 4.69) is 20.8 Å². The Morgan fingerprint density at radius 2 is 1.95 bits per heavy atom. The molecule has 1 aliphatic rings. The highest BCUT2D eigenvalue weighted by Crippen LogP contribution is 2.30. The molecule has 0 aromatic heterocycles. The highest BCUT2D eigenvalue weighted by Gasteiger charge is 2.19. The van der Waals surface area contributed by atoms with Gasteiger partial charge in [0, 0.05) is 18.8 Å². The van der Waals surface area contributed by atoms with Crippen molar-refractivity contribution >= 4 is 21.6 Å². The van der Waals surface area contributed by atoms with Crippen LogP contribution in [0.15, 0.2) is 40.9 Å². The summed E-state index contributed by atoms with van der Waals surface area (Å²) in [5.41, 5.74) is 3.12. The largest absolute Gasteiger partial charge is 0.367 e. The van der Waals surface area contributed by atoms with Crippen molar-refractivity contribution in [2.75, 3.05) is 11.4 Å². The summed E-state index contributed by atoms with van der Waals surface area (Å²) in [4.78, 5) is 2.12. The van der Waals surface area contributed by atoms with Crippen LogP contribution in [0.2, 0.25) is 0 Å². The molecule has 4 heteroatoms. The van der Waals surface area contributed by atoms with Crippen molar-refractivity contribution < 1.29 is 8.78 Å². The lowest BCUT2D eigenvalue weighted by molar-refractivity contribution is 0.620. The summed E-state index contributed by atoms with van der Waals surface area (Å²) in [6.45, 7) is 1.53. The van der Waals surface area contributed by atoms with Gasteiger partial charge < -0.3 is 4.90 Å². The lowest BCUT2D eigenvalue weighted by atomic mass is 10.1. The first kappa shape index (κ1) is 12.6. The van der Waals surface area contributed by atoms with Crippen LogP contribution in [0, 0.1) is 11.6 Å². The minimum Gasteiger partial charge on any atom is -0.367 e. The smallest absolute Gasteiger partial charge is 0.137 e. The number of hydrogen-bond donors (Lipinski definition) is 0. The lowest BCUT2D eigenvalue weighted by Gasteiger charge is -2.19. The monoisotopic (exact) mass is 323 g/mol. The van der Waals surface area contributed by atoms with E-state index in [0.717, 1.165) is 24.2 Å². The molecule has 0 unspecified atom stereocenters. The third-order valence-corrected chi connectivity index (χ3v) is 4.00. The predicted molar refractivity (Wildman–Crippen MR) is 75.3 cm³/mol. The minimum absolute atomic E-state index is 0.217. The summed E-state index contributed by atoms with van der Waals surface area (Å²) in [6.07, 6.45) is 0.929. The van der Waals surface area contributed by atoms with Crippen molar-refractivity contribution in [1.29, 1.82) is 0 Å². The average molecular weight is 324 g/mol. The maximum Gasteiger partial charge on any atom is 0.137 e. The van der Waals surface area contributed by atoms with Gasteiger partial charge in [0.2, 0.25) is 0 Å². The van der Waals surface area contributed by atoms with Gasteiger partial charge in [-0.05, 0) is 57.7 Å². The molecule has 2 aromatic rings.